The number of amides is 1. The zero-order valence-electron chi connectivity index (χ0n) is 12.8. The average molecular weight is 283 g/mol. The smallest absolute Gasteiger partial charge is 0.257 e. The van der Waals surface area contributed by atoms with Crippen LogP contribution in [0.3, 0.4) is 0 Å². The van der Waals surface area contributed by atoms with Gasteiger partial charge in [-0.15, -0.1) is 0 Å². The lowest BCUT2D eigenvalue weighted by Crippen LogP contribution is -2.30. The first-order valence-electron chi connectivity index (χ1n) is 7.16. The lowest BCUT2D eigenvalue weighted by molar-refractivity contribution is 0.0749. The van der Waals surface area contributed by atoms with Gasteiger partial charge in [-0.1, -0.05) is 30.3 Å². The molecule has 0 aliphatic rings. The lowest BCUT2D eigenvalue weighted by Gasteiger charge is -2.22. The molecule has 0 spiro atoms. The van der Waals surface area contributed by atoms with Crippen LogP contribution in [0, 0.1) is 13.8 Å². The largest absolute Gasteiger partial charge is 0.507 e. The molecule has 0 atom stereocenters. The minimum atomic E-state index is -0.141. The molecule has 0 saturated carbocycles. The van der Waals surface area contributed by atoms with Crippen LogP contribution in [0.4, 0.5) is 0 Å². The van der Waals surface area contributed by atoms with Crippen molar-refractivity contribution in [3.8, 4) is 5.75 Å². The molecule has 0 saturated heterocycles. The quantitative estimate of drug-likeness (QED) is 0.930. The molecule has 2 rings (SSSR count). The summed E-state index contributed by atoms with van der Waals surface area (Å²) in [6.07, 6.45) is 0. The number of nitrogens with zero attached hydrogens (tertiary/aromatic N) is 1. The van der Waals surface area contributed by atoms with Crippen LogP contribution in [-0.4, -0.2) is 22.5 Å². The Kier molecular flexibility index (Phi) is 4.63. The van der Waals surface area contributed by atoms with E-state index in [0.717, 1.165) is 16.7 Å². The van der Waals surface area contributed by atoms with Crippen molar-refractivity contribution in [1.29, 1.82) is 0 Å². The summed E-state index contributed by atoms with van der Waals surface area (Å²) in [4.78, 5) is 14.3. The Labute approximate surface area is 125 Å². The number of aryl methyl sites for hydroxylation is 2. The molecule has 0 aromatic heterocycles. The maximum Gasteiger partial charge on any atom is 0.257 e. The fourth-order valence-corrected chi connectivity index (χ4v) is 2.31. The molecule has 2 aromatic carbocycles. The summed E-state index contributed by atoms with van der Waals surface area (Å²) in [5, 5.41) is 9.98. The minimum Gasteiger partial charge on any atom is -0.507 e. The third kappa shape index (κ3) is 3.43. The van der Waals surface area contributed by atoms with Crippen LogP contribution >= 0.6 is 0 Å². The van der Waals surface area contributed by atoms with Crippen molar-refractivity contribution in [2.75, 3.05) is 6.54 Å². The highest BCUT2D eigenvalue weighted by molar-refractivity contribution is 5.96. The maximum atomic E-state index is 12.6. The molecule has 2 aromatic rings. The van der Waals surface area contributed by atoms with Crippen LogP contribution in [0.5, 0.6) is 5.75 Å². The molecule has 110 valence electrons. The van der Waals surface area contributed by atoms with E-state index in [2.05, 4.69) is 0 Å². The van der Waals surface area contributed by atoms with Crippen LogP contribution in [0.15, 0.2) is 42.5 Å². The van der Waals surface area contributed by atoms with Crippen LogP contribution in [-0.2, 0) is 6.54 Å². The van der Waals surface area contributed by atoms with Crippen molar-refractivity contribution >= 4 is 5.91 Å². The van der Waals surface area contributed by atoms with Gasteiger partial charge in [0.05, 0.1) is 5.56 Å². The van der Waals surface area contributed by atoms with Crippen molar-refractivity contribution < 1.29 is 9.90 Å². The second-order valence-corrected chi connectivity index (χ2v) is 5.27. The van der Waals surface area contributed by atoms with Crippen molar-refractivity contribution in [3.05, 3.63) is 64.7 Å². The Morgan fingerprint density at radius 3 is 2.48 bits per heavy atom. The summed E-state index contributed by atoms with van der Waals surface area (Å²) in [6.45, 7) is 7.02. The van der Waals surface area contributed by atoms with Gasteiger partial charge in [-0.3, -0.25) is 4.79 Å². The zero-order valence-corrected chi connectivity index (χ0v) is 12.8. The van der Waals surface area contributed by atoms with E-state index in [4.69, 9.17) is 0 Å². The van der Waals surface area contributed by atoms with Gasteiger partial charge in [0.2, 0.25) is 0 Å². The molecule has 3 heteroatoms. The average Bonchev–Trinajstić information content (AvgIpc) is 2.46. The van der Waals surface area contributed by atoms with Gasteiger partial charge in [-0.25, -0.2) is 0 Å². The molecule has 0 radical (unpaired) electrons. The molecule has 3 nitrogen and oxygen atoms in total. The number of hydrogen-bond acceptors (Lipinski definition) is 2. The standard InChI is InChI=1S/C18H21NO2/c1-4-19(12-15-8-6-5-7-14(15)3)18(21)16-10-9-13(2)11-17(16)20/h5-11,20H,4,12H2,1-3H3. The number of rotatable bonds is 4. The highest BCUT2D eigenvalue weighted by atomic mass is 16.3. The van der Waals surface area contributed by atoms with Gasteiger partial charge in [0, 0.05) is 13.1 Å². The normalized spacial score (nSPS) is 10.4. The number of hydrogen-bond donors (Lipinski definition) is 1. The molecule has 1 N–H and O–H groups in total. The number of carbonyl (C=O) groups excluding carboxylic acids is 1. The summed E-state index contributed by atoms with van der Waals surface area (Å²) >= 11 is 0. The lowest BCUT2D eigenvalue weighted by atomic mass is 10.1. The molecule has 0 unspecified atom stereocenters. The molecule has 1 amide bonds. The van der Waals surface area contributed by atoms with Crippen LogP contribution < -0.4 is 0 Å². The van der Waals surface area contributed by atoms with Crippen LogP contribution in [0.1, 0.15) is 34.0 Å². The van der Waals surface area contributed by atoms with Crippen molar-refractivity contribution in [3.63, 3.8) is 0 Å². The maximum absolute atomic E-state index is 12.6. The third-order valence-electron chi connectivity index (χ3n) is 3.68. The van der Waals surface area contributed by atoms with Crippen molar-refractivity contribution in [2.45, 2.75) is 27.3 Å². The Morgan fingerprint density at radius 2 is 1.86 bits per heavy atom. The van der Waals surface area contributed by atoms with Crippen molar-refractivity contribution in [1.82, 2.24) is 4.90 Å². The number of carbonyl (C=O) groups is 1. The molecule has 0 fully saturated rings. The topological polar surface area (TPSA) is 40.5 Å². The predicted octanol–water partition coefficient (Wildman–Crippen LogP) is 3.67. The van der Waals surface area contributed by atoms with E-state index in [1.807, 2.05) is 51.1 Å². The summed E-state index contributed by atoms with van der Waals surface area (Å²) in [5.74, 6) is -0.0958. The van der Waals surface area contributed by atoms with E-state index < -0.39 is 0 Å². The van der Waals surface area contributed by atoms with Gasteiger partial charge in [0.15, 0.2) is 0 Å². The number of aromatic hydroxyl groups is 1. The summed E-state index contributed by atoms with van der Waals surface area (Å²) < 4.78 is 0. The first kappa shape index (κ1) is 15.1. The minimum absolute atomic E-state index is 0.0447. The SMILES string of the molecule is CCN(Cc1ccccc1C)C(=O)c1ccc(C)cc1O. The molecule has 0 heterocycles. The summed E-state index contributed by atoms with van der Waals surface area (Å²) in [6, 6.07) is 13.2. The molecular formula is C18H21NO2. The van der Waals surface area contributed by atoms with E-state index in [1.54, 1.807) is 17.0 Å². The Balaban J connectivity index is 2.25. The molecule has 0 aliphatic carbocycles. The number of phenols is 1. The first-order chi connectivity index (χ1) is 10.0. The number of phenolic OH excluding ortho intramolecular Hbond substituents is 1. The van der Waals surface area contributed by atoms with Crippen LogP contribution in [0.25, 0.3) is 0 Å². The van der Waals surface area contributed by atoms with Gasteiger partial charge in [-0.05, 0) is 49.6 Å². The second kappa shape index (κ2) is 6.44. The fraction of sp³-hybridized carbons (Fsp3) is 0.278. The third-order valence-corrected chi connectivity index (χ3v) is 3.68. The highest BCUT2D eigenvalue weighted by Gasteiger charge is 2.18. The first-order valence-corrected chi connectivity index (χ1v) is 7.16. The summed E-state index contributed by atoms with van der Waals surface area (Å²) in [5.41, 5.74) is 3.58. The van der Waals surface area contributed by atoms with Crippen LogP contribution in [0.2, 0.25) is 0 Å². The monoisotopic (exact) mass is 283 g/mol. The Bertz CT molecular complexity index is 649. The fourth-order valence-electron chi connectivity index (χ4n) is 2.31. The highest BCUT2D eigenvalue weighted by Crippen LogP contribution is 2.21. The molecular weight excluding hydrogens is 262 g/mol. The Hall–Kier alpha value is -2.29. The zero-order chi connectivity index (χ0) is 15.4. The second-order valence-electron chi connectivity index (χ2n) is 5.27. The predicted molar refractivity (Wildman–Crippen MR) is 84.4 cm³/mol. The molecule has 21 heavy (non-hydrogen) atoms. The van der Waals surface area contributed by atoms with Gasteiger partial charge in [0.25, 0.3) is 5.91 Å². The molecule has 0 bridgehead atoms. The van der Waals surface area contributed by atoms with Gasteiger partial charge < -0.3 is 10.0 Å². The van der Waals surface area contributed by atoms with E-state index in [1.165, 1.54) is 0 Å². The van der Waals surface area contributed by atoms with Gasteiger partial charge in [-0.2, -0.15) is 0 Å². The Morgan fingerprint density at radius 1 is 1.14 bits per heavy atom. The summed E-state index contributed by atoms with van der Waals surface area (Å²) in [7, 11) is 0. The van der Waals surface area contributed by atoms with E-state index in [0.29, 0.717) is 18.7 Å². The van der Waals surface area contributed by atoms with E-state index in [9.17, 15) is 9.90 Å². The number of benzene rings is 2. The van der Waals surface area contributed by atoms with E-state index in [-0.39, 0.29) is 11.7 Å². The van der Waals surface area contributed by atoms with Gasteiger partial charge >= 0.3 is 0 Å². The van der Waals surface area contributed by atoms with E-state index >= 15 is 0 Å². The van der Waals surface area contributed by atoms with Crippen molar-refractivity contribution in [2.24, 2.45) is 0 Å². The molecule has 0 aliphatic heterocycles. The van der Waals surface area contributed by atoms with Gasteiger partial charge in [0.1, 0.15) is 5.75 Å².